The summed E-state index contributed by atoms with van der Waals surface area (Å²) >= 11 is 0. The van der Waals surface area contributed by atoms with Crippen LogP contribution in [0.1, 0.15) is 11.1 Å². The van der Waals surface area contributed by atoms with Crippen LogP contribution in [0.3, 0.4) is 0 Å². The maximum absolute atomic E-state index is 12.2. The Morgan fingerprint density at radius 1 is 1.05 bits per heavy atom. The largest absolute Gasteiger partial charge is 0.393 e. The fourth-order valence-electron chi connectivity index (χ4n) is 1.67. The van der Waals surface area contributed by atoms with Crippen molar-refractivity contribution in [1.29, 1.82) is 0 Å². The second-order valence-electron chi connectivity index (χ2n) is 4.13. The first-order valence-electron chi connectivity index (χ1n) is 5.64. The number of halogens is 3. The van der Waals surface area contributed by atoms with Crippen molar-refractivity contribution in [2.45, 2.75) is 19.1 Å². The number of pyridine rings is 2. The summed E-state index contributed by atoms with van der Waals surface area (Å²) in [5, 5.41) is 0. The zero-order valence-electron chi connectivity index (χ0n) is 9.98. The van der Waals surface area contributed by atoms with Crippen LogP contribution in [0.15, 0.2) is 36.8 Å². The van der Waals surface area contributed by atoms with Gasteiger partial charge < -0.3 is 5.73 Å². The fraction of sp³-hybridized carbons (Fsp3) is 0.231. The van der Waals surface area contributed by atoms with Gasteiger partial charge in [0.25, 0.3) is 0 Å². The van der Waals surface area contributed by atoms with Crippen molar-refractivity contribution in [3.8, 4) is 11.3 Å². The second-order valence-corrected chi connectivity index (χ2v) is 4.13. The van der Waals surface area contributed by atoms with Gasteiger partial charge >= 0.3 is 6.18 Å². The number of aromatic nitrogens is 2. The van der Waals surface area contributed by atoms with Gasteiger partial charge in [-0.15, -0.1) is 0 Å². The summed E-state index contributed by atoms with van der Waals surface area (Å²) in [5.74, 6) is 0. The molecule has 19 heavy (non-hydrogen) atoms. The number of hydrogen-bond acceptors (Lipinski definition) is 3. The molecule has 0 amide bonds. The monoisotopic (exact) mass is 267 g/mol. The van der Waals surface area contributed by atoms with E-state index >= 15 is 0 Å². The summed E-state index contributed by atoms with van der Waals surface area (Å²) in [5.41, 5.74) is 7.80. The van der Waals surface area contributed by atoms with E-state index < -0.39 is 12.6 Å². The Kier molecular flexibility index (Phi) is 3.80. The van der Waals surface area contributed by atoms with Gasteiger partial charge in [-0.2, -0.15) is 13.2 Å². The van der Waals surface area contributed by atoms with Gasteiger partial charge in [-0.1, -0.05) is 6.07 Å². The molecule has 2 rings (SSSR count). The molecule has 0 aliphatic heterocycles. The first kappa shape index (κ1) is 13.5. The molecule has 2 heterocycles. The maximum Gasteiger partial charge on any atom is 0.393 e. The highest BCUT2D eigenvalue weighted by molar-refractivity contribution is 5.58. The summed E-state index contributed by atoms with van der Waals surface area (Å²) in [6.07, 6.45) is -0.712. The van der Waals surface area contributed by atoms with Crippen molar-refractivity contribution >= 4 is 0 Å². The number of rotatable bonds is 3. The SMILES string of the molecule is NCc1cncc(-c2ccc(CC(F)(F)F)cn2)c1. The Morgan fingerprint density at radius 3 is 2.42 bits per heavy atom. The van der Waals surface area contributed by atoms with Crippen LogP contribution >= 0.6 is 0 Å². The van der Waals surface area contributed by atoms with Crippen LogP contribution in [0.5, 0.6) is 0 Å². The smallest absolute Gasteiger partial charge is 0.326 e. The highest BCUT2D eigenvalue weighted by atomic mass is 19.4. The van der Waals surface area contributed by atoms with Crippen molar-refractivity contribution in [3.63, 3.8) is 0 Å². The van der Waals surface area contributed by atoms with Crippen LogP contribution < -0.4 is 5.73 Å². The lowest BCUT2D eigenvalue weighted by Crippen LogP contribution is -2.11. The third-order valence-corrected chi connectivity index (χ3v) is 2.56. The number of alkyl halides is 3. The van der Waals surface area contributed by atoms with Gasteiger partial charge in [-0.25, -0.2) is 0 Å². The molecular formula is C13H12F3N3. The summed E-state index contributed by atoms with van der Waals surface area (Å²) < 4.78 is 36.6. The predicted molar refractivity (Wildman–Crippen MR) is 65.1 cm³/mol. The molecule has 100 valence electrons. The first-order valence-corrected chi connectivity index (χ1v) is 5.64. The van der Waals surface area contributed by atoms with Crippen molar-refractivity contribution in [1.82, 2.24) is 9.97 Å². The second kappa shape index (κ2) is 5.36. The Morgan fingerprint density at radius 2 is 1.84 bits per heavy atom. The van der Waals surface area contributed by atoms with Gasteiger partial charge in [-0.3, -0.25) is 9.97 Å². The maximum atomic E-state index is 12.2. The number of nitrogens with two attached hydrogens (primary N) is 1. The van der Waals surface area contributed by atoms with Crippen LogP contribution in [-0.4, -0.2) is 16.1 Å². The third kappa shape index (κ3) is 3.75. The van der Waals surface area contributed by atoms with Crippen LogP contribution in [0.4, 0.5) is 13.2 Å². The lowest BCUT2D eigenvalue weighted by Gasteiger charge is -2.07. The van der Waals surface area contributed by atoms with Crippen molar-refractivity contribution in [3.05, 3.63) is 47.9 Å². The van der Waals surface area contributed by atoms with E-state index in [0.29, 0.717) is 12.2 Å². The molecule has 6 heteroatoms. The lowest BCUT2D eigenvalue weighted by molar-refractivity contribution is -0.127. The van der Waals surface area contributed by atoms with E-state index in [1.165, 1.54) is 12.3 Å². The van der Waals surface area contributed by atoms with E-state index in [9.17, 15) is 13.2 Å². The summed E-state index contributed by atoms with van der Waals surface area (Å²) in [6, 6.07) is 4.79. The quantitative estimate of drug-likeness (QED) is 0.930. The fourth-order valence-corrected chi connectivity index (χ4v) is 1.67. The van der Waals surface area contributed by atoms with E-state index in [4.69, 9.17) is 5.73 Å². The normalized spacial score (nSPS) is 11.6. The first-order chi connectivity index (χ1) is 8.98. The molecule has 0 saturated heterocycles. The molecule has 0 spiro atoms. The van der Waals surface area contributed by atoms with Gasteiger partial charge in [0.2, 0.25) is 0 Å². The average Bonchev–Trinajstić information content (AvgIpc) is 2.38. The summed E-state index contributed by atoms with van der Waals surface area (Å²) in [6.45, 7) is 0.354. The minimum absolute atomic E-state index is 0.138. The number of hydrogen-bond donors (Lipinski definition) is 1. The van der Waals surface area contributed by atoms with Gasteiger partial charge in [0.15, 0.2) is 0 Å². The Bertz CT molecular complexity index is 550. The standard InChI is InChI=1S/C13H12F3N3/c14-13(15,16)4-9-1-2-12(19-7-9)11-3-10(5-17)6-18-8-11/h1-3,6-8H,4-5,17H2. The minimum Gasteiger partial charge on any atom is -0.326 e. The zero-order valence-corrected chi connectivity index (χ0v) is 9.98. The summed E-state index contributed by atoms with van der Waals surface area (Å²) in [7, 11) is 0. The van der Waals surface area contributed by atoms with Crippen LogP contribution in [-0.2, 0) is 13.0 Å². The van der Waals surface area contributed by atoms with Gasteiger partial charge in [0.1, 0.15) is 0 Å². The molecule has 0 aromatic carbocycles. The molecular weight excluding hydrogens is 255 g/mol. The molecule has 0 saturated carbocycles. The minimum atomic E-state index is -4.22. The molecule has 2 aromatic rings. The third-order valence-electron chi connectivity index (χ3n) is 2.56. The van der Waals surface area contributed by atoms with Gasteiger partial charge in [-0.05, 0) is 23.3 Å². The molecule has 2 N–H and O–H groups in total. The lowest BCUT2D eigenvalue weighted by atomic mass is 10.1. The number of nitrogens with zero attached hydrogens (tertiary/aromatic N) is 2. The average molecular weight is 267 g/mol. The van der Waals surface area contributed by atoms with Crippen molar-refractivity contribution < 1.29 is 13.2 Å². The highest BCUT2D eigenvalue weighted by Gasteiger charge is 2.27. The van der Waals surface area contributed by atoms with Crippen LogP contribution in [0.2, 0.25) is 0 Å². The molecule has 0 aliphatic rings. The summed E-state index contributed by atoms with van der Waals surface area (Å²) in [4.78, 5) is 8.04. The molecule has 0 radical (unpaired) electrons. The Hall–Kier alpha value is -1.95. The van der Waals surface area contributed by atoms with E-state index in [2.05, 4.69) is 9.97 Å². The van der Waals surface area contributed by atoms with Gasteiger partial charge in [0.05, 0.1) is 12.1 Å². The van der Waals surface area contributed by atoms with Crippen molar-refractivity contribution in [2.75, 3.05) is 0 Å². The molecule has 0 aliphatic carbocycles. The topological polar surface area (TPSA) is 51.8 Å². The molecule has 0 bridgehead atoms. The predicted octanol–water partition coefficient (Wildman–Crippen LogP) is 2.71. The molecule has 0 unspecified atom stereocenters. The molecule has 2 aromatic heterocycles. The Balaban J connectivity index is 2.22. The molecule has 0 atom stereocenters. The highest BCUT2D eigenvalue weighted by Crippen LogP contribution is 2.22. The molecule has 0 fully saturated rings. The van der Waals surface area contributed by atoms with Crippen molar-refractivity contribution in [2.24, 2.45) is 5.73 Å². The van der Waals surface area contributed by atoms with Crippen LogP contribution in [0.25, 0.3) is 11.3 Å². The Labute approximate surface area is 108 Å². The van der Waals surface area contributed by atoms with Crippen LogP contribution in [0, 0.1) is 0 Å². The molecule has 3 nitrogen and oxygen atoms in total. The van der Waals surface area contributed by atoms with E-state index in [1.807, 2.05) is 6.07 Å². The van der Waals surface area contributed by atoms with E-state index in [1.54, 1.807) is 18.5 Å². The van der Waals surface area contributed by atoms with E-state index in [-0.39, 0.29) is 5.56 Å². The van der Waals surface area contributed by atoms with Gasteiger partial charge in [0, 0.05) is 30.7 Å². The van der Waals surface area contributed by atoms with E-state index in [0.717, 1.165) is 11.1 Å². The zero-order chi connectivity index (χ0) is 13.9.